The molecule has 1 saturated heterocycles. The van der Waals surface area contributed by atoms with Gasteiger partial charge in [-0.15, -0.1) is 0 Å². The fraction of sp³-hybridized carbons (Fsp3) is 0.367. The summed E-state index contributed by atoms with van der Waals surface area (Å²) < 4.78 is 0. The third-order valence-corrected chi connectivity index (χ3v) is 8.92. The molecule has 2 heteroatoms. The van der Waals surface area contributed by atoms with Gasteiger partial charge in [-0.05, 0) is 83.9 Å². The van der Waals surface area contributed by atoms with E-state index in [0.717, 1.165) is 25.8 Å². The lowest BCUT2D eigenvalue weighted by atomic mass is 9.54. The number of nitrogens with zero attached hydrogens (tertiary/aromatic N) is 2. The van der Waals surface area contributed by atoms with Crippen molar-refractivity contribution in [2.24, 2.45) is 5.92 Å². The van der Waals surface area contributed by atoms with Gasteiger partial charge in [0.15, 0.2) is 0 Å². The minimum absolute atomic E-state index is 0.208. The minimum Gasteiger partial charge on any atom is -0.289 e. The lowest BCUT2D eigenvalue weighted by Gasteiger charge is -2.58. The van der Waals surface area contributed by atoms with E-state index >= 15 is 0 Å². The molecule has 7 rings (SSSR count). The van der Waals surface area contributed by atoms with Crippen LogP contribution in [0.25, 0.3) is 0 Å². The number of aromatic nitrogens is 1. The maximum Gasteiger partial charge on any atom is 0.0609 e. The molecule has 3 atom stereocenters. The number of aryl methyl sites for hydroxylation is 2. The predicted molar refractivity (Wildman–Crippen MR) is 129 cm³/mol. The number of pyridine rings is 1. The first-order valence-corrected chi connectivity index (χ1v) is 12.4. The number of allylic oxidation sites excluding steroid dienone is 2. The van der Waals surface area contributed by atoms with E-state index in [9.17, 15) is 0 Å². The van der Waals surface area contributed by atoms with E-state index < -0.39 is 0 Å². The van der Waals surface area contributed by atoms with Crippen LogP contribution < -0.4 is 0 Å². The van der Waals surface area contributed by atoms with Gasteiger partial charge in [0, 0.05) is 30.4 Å². The number of likely N-dealkylation sites (tertiary alicyclic amines) is 1. The molecule has 0 amide bonds. The summed E-state index contributed by atoms with van der Waals surface area (Å²) in [6, 6.07) is 21.7. The maximum absolute atomic E-state index is 4.54. The first-order valence-electron chi connectivity index (χ1n) is 12.4. The van der Waals surface area contributed by atoms with Crippen molar-refractivity contribution < 1.29 is 0 Å². The zero-order valence-electron chi connectivity index (χ0n) is 18.6. The van der Waals surface area contributed by atoms with E-state index in [4.69, 9.17) is 0 Å². The lowest BCUT2D eigenvalue weighted by Crippen LogP contribution is -2.60. The Morgan fingerprint density at radius 3 is 2.41 bits per heavy atom. The van der Waals surface area contributed by atoms with Gasteiger partial charge < -0.3 is 0 Å². The van der Waals surface area contributed by atoms with Gasteiger partial charge >= 0.3 is 0 Å². The second-order valence-corrected chi connectivity index (χ2v) is 10.2. The molecule has 1 aromatic heterocycles. The second-order valence-electron chi connectivity index (χ2n) is 10.2. The highest BCUT2D eigenvalue weighted by Gasteiger charge is 2.54. The van der Waals surface area contributed by atoms with Crippen molar-refractivity contribution in [2.45, 2.75) is 56.0 Å². The second kappa shape index (κ2) is 7.15. The van der Waals surface area contributed by atoms with E-state index in [1.165, 1.54) is 47.1 Å². The Morgan fingerprint density at radius 1 is 0.875 bits per heavy atom. The third kappa shape index (κ3) is 2.59. The van der Waals surface area contributed by atoms with Crippen molar-refractivity contribution >= 4 is 0 Å². The van der Waals surface area contributed by atoms with Crippen molar-refractivity contribution in [3.05, 3.63) is 113 Å². The van der Waals surface area contributed by atoms with Gasteiger partial charge in [0.1, 0.15) is 0 Å². The van der Waals surface area contributed by atoms with Crippen molar-refractivity contribution in [3.8, 4) is 0 Å². The van der Waals surface area contributed by atoms with Crippen molar-refractivity contribution in [1.29, 1.82) is 0 Å². The highest BCUT2D eigenvalue weighted by Crippen LogP contribution is 2.55. The Bertz CT molecular complexity index is 1160. The fourth-order valence-electron chi connectivity index (χ4n) is 7.59. The number of benzene rings is 2. The zero-order valence-corrected chi connectivity index (χ0v) is 18.6. The number of hydrogen-bond donors (Lipinski definition) is 0. The first-order chi connectivity index (χ1) is 15.9. The molecule has 1 fully saturated rings. The molecule has 1 aliphatic heterocycles. The zero-order chi connectivity index (χ0) is 21.1. The Hall–Kier alpha value is -2.71. The smallest absolute Gasteiger partial charge is 0.0609 e. The molecule has 0 saturated carbocycles. The average molecular weight is 419 g/mol. The predicted octanol–water partition coefficient (Wildman–Crippen LogP) is 5.80. The topological polar surface area (TPSA) is 16.1 Å². The summed E-state index contributed by atoms with van der Waals surface area (Å²) in [5, 5.41) is 0. The molecule has 2 bridgehead atoms. The van der Waals surface area contributed by atoms with Gasteiger partial charge in [-0.1, -0.05) is 60.7 Å². The van der Waals surface area contributed by atoms with Crippen LogP contribution in [0.15, 0.2) is 79.1 Å². The molecule has 2 aromatic carbocycles. The van der Waals surface area contributed by atoms with Crippen LogP contribution in [-0.4, -0.2) is 22.5 Å². The van der Waals surface area contributed by atoms with Crippen LogP contribution in [0.2, 0.25) is 0 Å². The van der Waals surface area contributed by atoms with Crippen LogP contribution >= 0.6 is 0 Å². The van der Waals surface area contributed by atoms with E-state index in [1.54, 1.807) is 5.56 Å². The molecule has 3 aliphatic carbocycles. The Kier molecular flexibility index (Phi) is 4.20. The van der Waals surface area contributed by atoms with Crippen LogP contribution in [0.1, 0.15) is 58.7 Å². The SMILES string of the molecule is C1=C[C@@]23CCN(C4c5ccccc5CCc5ccccc54)[C@@H](Cc4cnccc42)[C@H]3CC1. The minimum atomic E-state index is 0.208. The molecule has 2 heterocycles. The Labute approximate surface area is 191 Å². The molecular weight excluding hydrogens is 388 g/mol. The van der Waals surface area contributed by atoms with Crippen LogP contribution in [0.3, 0.4) is 0 Å². The van der Waals surface area contributed by atoms with Crippen molar-refractivity contribution in [1.82, 2.24) is 9.88 Å². The van der Waals surface area contributed by atoms with Gasteiger partial charge in [-0.2, -0.15) is 0 Å². The maximum atomic E-state index is 4.54. The molecule has 0 unspecified atom stereocenters. The van der Waals surface area contributed by atoms with E-state index in [-0.39, 0.29) is 5.41 Å². The molecule has 2 nitrogen and oxygen atoms in total. The Balaban J connectivity index is 1.41. The molecule has 160 valence electrons. The number of fused-ring (bicyclic) bond motifs is 3. The van der Waals surface area contributed by atoms with Gasteiger partial charge in [0.2, 0.25) is 0 Å². The first kappa shape index (κ1) is 18.8. The monoisotopic (exact) mass is 418 g/mol. The lowest BCUT2D eigenvalue weighted by molar-refractivity contribution is 0.00680. The van der Waals surface area contributed by atoms with E-state index in [2.05, 4.69) is 82.8 Å². The molecule has 32 heavy (non-hydrogen) atoms. The molecule has 3 aromatic rings. The number of rotatable bonds is 1. The molecule has 0 N–H and O–H groups in total. The standard InChI is InChI=1S/C30H30N2/c1-3-9-24-21(7-1)12-13-22-8-2-4-10-25(22)29(24)32-18-16-30-15-6-5-11-27(30)28(32)19-23-20-31-17-14-26(23)30/h1-4,6-10,14-15,17,20,27-29H,5,11-13,16,18-19H2/t27-,28+,30-/m1/s1. The Morgan fingerprint density at radius 2 is 1.62 bits per heavy atom. The summed E-state index contributed by atoms with van der Waals surface area (Å²) in [5.41, 5.74) is 9.38. The fourth-order valence-corrected chi connectivity index (χ4v) is 7.59. The van der Waals surface area contributed by atoms with Gasteiger partial charge in [0.25, 0.3) is 0 Å². The molecule has 4 aliphatic rings. The highest BCUT2D eigenvalue weighted by molar-refractivity contribution is 5.48. The van der Waals surface area contributed by atoms with Gasteiger partial charge in [-0.25, -0.2) is 0 Å². The van der Waals surface area contributed by atoms with Crippen LogP contribution in [0, 0.1) is 5.92 Å². The summed E-state index contributed by atoms with van der Waals surface area (Å²) in [5.74, 6) is 0.693. The van der Waals surface area contributed by atoms with Gasteiger partial charge in [0.05, 0.1) is 6.04 Å². The normalized spacial score (nSPS) is 28.8. The third-order valence-electron chi connectivity index (χ3n) is 8.92. The quantitative estimate of drug-likeness (QED) is 0.464. The van der Waals surface area contributed by atoms with Crippen molar-refractivity contribution in [2.75, 3.05) is 6.54 Å². The highest BCUT2D eigenvalue weighted by atomic mass is 15.2. The summed E-state index contributed by atoms with van der Waals surface area (Å²) in [6.07, 6.45) is 16.3. The molecule has 0 radical (unpaired) electrons. The van der Waals surface area contributed by atoms with E-state index in [1.807, 2.05) is 6.20 Å². The molecule has 0 spiro atoms. The number of piperidine rings is 1. The van der Waals surface area contributed by atoms with Crippen LogP contribution in [0.5, 0.6) is 0 Å². The summed E-state index contributed by atoms with van der Waals surface area (Å²) in [7, 11) is 0. The number of hydrogen-bond acceptors (Lipinski definition) is 2. The van der Waals surface area contributed by atoms with Gasteiger partial charge in [-0.3, -0.25) is 9.88 Å². The summed E-state index contributed by atoms with van der Waals surface area (Å²) >= 11 is 0. The summed E-state index contributed by atoms with van der Waals surface area (Å²) in [4.78, 5) is 7.45. The summed E-state index contributed by atoms with van der Waals surface area (Å²) in [6.45, 7) is 1.15. The molecular formula is C30H30N2. The van der Waals surface area contributed by atoms with Crippen LogP contribution in [0.4, 0.5) is 0 Å². The average Bonchev–Trinajstić information content (AvgIpc) is 3.01. The largest absolute Gasteiger partial charge is 0.289 e. The van der Waals surface area contributed by atoms with Crippen LogP contribution in [-0.2, 0) is 24.7 Å². The van der Waals surface area contributed by atoms with Crippen molar-refractivity contribution in [3.63, 3.8) is 0 Å². The van der Waals surface area contributed by atoms with E-state index in [0.29, 0.717) is 18.0 Å².